The molecule has 1 fully saturated rings. The second-order valence-corrected chi connectivity index (χ2v) is 5.79. The average molecular weight is 298 g/mol. The highest BCUT2D eigenvalue weighted by molar-refractivity contribution is 9.10. The Morgan fingerprint density at radius 3 is 2.76 bits per heavy atom. The second kappa shape index (κ2) is 4.33. The van der Waals surface area contributed by atoms with Crippen molar-refractivity contribution in [1.29, 1.82) is 0 Å². The van der Waals surface area contributed by atoms with Crippen LogP contribution < -0.4 is 5.32 Å². The maximum absolute atomic E-state index is 11.2. The Morgan fingerprint density at radius 1 is 1.47 bits per heavy atom. The summed E-state index contributed by atoms with van der Waals surface area (Å²) in [5.74, 6) is 0.164. The normalized spacial score (nSPS) is 22.8. The molecule has 1 N–H and O–H groups in total. The minimum Gasteiger partial charge on any atom is -0.443 e. The van der Waals surface area contributed by atoms with E-state index in [9.17, 15) is 4.79 Å². The highest BCUT2D eigenvalue weighted by Crippen LogP contribution is 2.34. The summed E-state index contributed by atoms with van der Waals surface area (Å²) < 4.78 is 6.43. The van der Waals surface area contributed by atoms with Crippen molar-refractivity contribution in [3.63, 3.8) is 0 Å². The number of cyclic esters (lactones) is 1. The van der Waals surface area contributed by atoms with Crippen molar-refractivity contribution in [2.45, 2.75) is 32.3 Å². The first-order valence-electron chi connectivity index (χ1n) is 5.63. The molecule has 0 aromatic heterocycles. The third-order valence-corrected chi connectivity index (χ3v) is 4.10. The fraction of sp³-hybridized carbons (Fsp3) is 0.462. The number of carbonyl (C=O) groups excluding carboxylic acids is 1. The van der Waals surface area contributed by atoms with E-state index in [4.69, 9.17) is 4.74 Å². The second-order valence-electron chi connectivity index (χ2n) is 4.94. The fourth-order valence-corrected chi connectivity index (χ4v) is 2.52. The minimum absolute atomic E-state index is 0.164. The molecule has 1 aromatic carbocycles. The Balaban J connectivity index is 2.32. The zero-order chi connectivity index (χ0) is 12.6. The largest absolute Gasteiger partial charge is 0.443 e. The molecule has 3 nitrogen and oxygen atoms in total. The van der Waals surface area contributed by atoms with Crippen molar-refractivity contribution < 1.29 is 9.53 Å². The van der Waals surface area contributed by atoms with Gasteiger partial charge in [-0.1, -0.05) is 28.1 Å². The summed E-state index contributed by atoms with van der Waals surface area (Å²) in [4.78, 5) is 11.2. The zero-order valence-electron chi connectivity index (χ0n) is 10.2. The average Bonchev–Trinajstić information content (AvgIpc) is 2.21. The molecule has 0 unspecified atom stereocenters. The van der Waals surface area contributed by atoms with Crippen LogP contribution in [0, 0.1) is 6.92 Å². The molecular weight excluding hydrogens is 282 g/mol. The van der Waals surface area contributed by atoms with Gasteiger partial charge in [-0.25, -0.2) is 4.79 Å². The van der Waals surface area contributed by atoms with Gasteiger partial charge in [-0.3, -0.25) is 0 Å². The van der Waals surface area contributed by atoms with Crippen molar-refractivity contribution in [3.05, 3.63) is 33.8 Å². The Labute approximate surface area is 110 Å². The molecule has 2 rings (SSSR count). The summed E-state index contributed by atoms with van der Waals surface area (Å²) in [6.45, 7) is 6.56. The van der Waals surface area contributed by atoms with Crippen molar-refractivity contribution >= 4 is 22.0 Å². The van der Waals surface area contributed by atoms with Crippen LogP contribution in [0.15, 0.2) is 22.7 Å². The van der Waals surface area contributed by atoms with E-state index in [0.29, 0.717) is 6.54 Å². The van der Waals surface area contributed by atoms with Gasteiger partial charge in [0.2, 0.25) is 0 Å². The molecule has 1 saturated heterocycles. The molecule has 0 bridgehead atoms. The lowest BCUT2D eigenvalue weighted by atomic mass is 9.83. The summed E-state index contributed by atoms with van der Waals surface area (Å²) in [6, 6.07) is 6.27. The highest BCUT2D eigenvalue weighted by Gasteiger charge is 2.38. The van der Waals surface area contributed by atoms with E-state index in [2.05, 4.69) is 46.4 Å². The van der Waals surface area contributed by atoms with Gasteiger partial charge in [0.05, 0.1) is 0 Å². The van der Waals surface area contributed by atoms with E-state index < -0.39 is 5.60 Å². The van der Waals surface area contributed by atoms with E-state index >= 15 is 0 Å². The lowest BCUT2D eigenvalue weighted by Gasteiger charge is -2.38. The summed E-state index contributed by atoms with van der Waals surface area (Å²) in [7, 11) is 0. The number of rotatable bonds is 1. The number of hydrogen-bond donors (Lipinski definition) is 1. The Bertz CT molecular complexity index is 457. The number of carbonyl (C=O) groups is 1. The molecule has 0 radical (unpaired) electrons. The maximum atomic E-state index is 11.2. The molecule has 0 aliphatic carbocycles. The molecule has 1 amide bonds. The van der Waals surface area contributed by atoms with E-state index in [1.54, 1.807) is 0 Å². The Kier molecular flexibility index (Phi) is 3.17. The predicted molar refractivity (Wildman–Crippen MR) is 70.2 cm³/mol. The number of amides is 1. The Morgan fingerprint density at radius 2 is 2.18 bits per heavy atom. The third-order valence-electron chi connectivity index (χ3n) is 3.24. The van der Waals surface area contributed by atoms with Crippen molar-refractivity contribution in [2.75, 3.05) is 6.54 Å². The predicted octanol–water partition coefficient (Wildman–Crippen LogP) is 3.36. The van der Waals surface area contributed by atoms with Gasteiger partial charge >= 0.3 is 6.09 Å². The molecule has 1 heterocycles. The maximum Gasteiger partial charge on any atom is 0.407 e. The molecular formula is C13H16BrNO2. The van der Waals surface area contributed by atoms with Gasteiger partial charge in [-0.2, -0.15) is 0 Å². The quantitative estimate of drug-likeness (QED) is 0.863. The zero-order valence-corrected chi connectivity index (χ0v) is 11.8. The van der Waals surface area contributed by atoms with Gasteiger partial charge in [0.25, 0.3) is 0 Å². The van der Waals surface area contributed by atoms with Crippen LogP contribution in [0.3, 0.4) is 0 Å². The van der Waals surface area contributed by atoms with Gasteiger partial charge in [-0.05, 0) is 38.0 Å². The monoisotopic (exact) mass is 297 g/mol. The summed E-state index contributed by atoms with van der Waals surface area (Å²) in [5.41, 5.74) is 1.90. The SMILES string of the molecule is Cc1ccc([C@H]2CNC(=O)OC2(C)C)cc1Br. The van der Waals surface area contributed by atoms with Crippen LogP contribution in [-0.2, 0) is 4.74 Å². The van der Waals surface area contributed by atoms with Crippen LogP contribution >= 0.6 is 15.9 Å². The highest BCUT2D eigenvalue weighted by atomic mass is 79.9. The van der Waals surface area contributed by atoms with Crippen LogP contribution in [0.5, 0.6) is 0 Å². The summed E-state index contributed by atoms with van der Waals surface area (Å²) in [5, 5.41) is 2.74. The first-order chi connectivity index (χ1) is 7.90. The van der Waals surface area contributed by atoms with Crippen LogP contribution in [0.4, 0.5) is 4.79 Å². The van der Waals surface area contributed by atoms with E-state index in [-0.39, 0.29) is 12.0 Å². The van der Waals surface area contributed by atoms with Gasteiger partial charge < -0.3 is 10.1 Å². The third kappa shape index (κ3) is 2.46. The molecule has 1 atom stereocenters. The number of alkyl carbamates (subject to hydrolysis) is 1. The summed E-state index contributed by atoms with van der Waals surface area (Å²) in [6.07, 6.45) is -0.336. The molecule has 0 saturated carbocycles. The van der Waals surface area contributed by atoms with Crippen molar-refractivity contribution in [2.24, 2.45) is 0 Å². The van der Waals surface area contributed by atoms with Crippen LogP contribution in [0.2, 0.25) is 0 Å². The standard InChI is InChI=1S/C13H16BrNO2/c1-8-4-5-9(6-11(8)14)10-7-15-12(16)17-13(10,2)3/h4-6,10H,7H2,1-3H3,(H,15,16)/t10-/m1/s1. The molecule has 0 spiro atoms. The van der Waals surface area contributed by atoms with Gasteiger partial charge in [0, 0.05) is 16.9 Å². The van der Waals surface area contributed by atoms with Gasteiger partial charge in [0.1, 0.15) is 5.60 Å². The number of ether oxygens (including phenoxy) is 1. The Hall–Kier alpha value is -1.03. The van der Waals surface area contributed by atoms with Gasteiger partial charge in [-0.15, -0.1) is 0 Å². The minimum atomic E-state index is -0.475. The lowest BCUT2D eigenvalue weighted by Crippen LogP contribution is -2.49. The number of benzene rings is 1. The molecule has 1 aliphatic heterocycles. The van der Waals surface area contributed by atoms with Crippen molar-refractivity contribution in [1.82, 2.24) is 5.32 Å². The van der Waals surface area contributed by atoms with Crippen LogP contribution in [0.1, 0.15) is 30.9 Å². The lowest BCUT2D eigenvalue weighted by molar-refractivity contribution is -0.00194. The molecule has 17 heavy (non-hydrogen) atoms. The number of hydrogen-bond acceptors (Lipinski definition) is 2. The van der Waals surface area contributed by atoms with Crippen LogP contribution in [-0.4, -0.2) is 18.2 Å². The first kappa shape index (κ1) is 12.4. The number of halogens is 1. The van der Waals surface area contributed by atoms with Gasteiger partial charge in [0.15, 0.2) is 0 Å². The first-order valence-corrected chi connectivity index (χ1v) is 6.42. The topological polar surface area (TPSA) is 38.3 Å². The van der Waals surface area contributed by atoms with E-state index in [1.807, 2.05) is 13.8 Å². The van der Waals surface area contributed by atoms with Crippen molar-refractivity contribution in [3.8, 4) is 0 Å². The molecule has 92 valence electrons. The summed E-state index contributed by atoms with van der Waals surface area (Å²) >= 11 is 3.53. The van der Waals surface area contributed by atoms with E-state index in [0.717, 1.165) is 4.47 Å². The fourth-order valence-electron chi connectivity index (χ4n) is 2.12. The molecule has 4 heteroatoms. The van der Waals surface area contributed by atoms with E-state index in [1.165, 1.54) is 11.1 Å². The number of aryl methyl sites for hydroxylation is 1. The molecule has 1 aromatic rings. The smallest absolute Gasteiger partial charge is 0.407 e. The molecule has 1 aliphatic rings. The number of nitrogens with one attached hydrogen (secondary N) is 1. The van der Waals surface area contributed by atoms with Crippen LogP contribution in [0.25, 0.3) is 0 Å².